The molecular weight excluding hydrogens is 304 g/mol. The highest BCUT2D eigenvalue weighted by atomic mass is 16.4. The zero-order valence-corrected chi connectivity index (χ0v) is 15.7. The molecule has 3 N–H and O–H groups in total. The third-order valence-corrected chi connectivity index (χ3v) is 5.18. The summed E-state index contributed by atoms with van der Waals surface area (Å²) in [6, 6.07) is 0. The molecule has 1 aliphatic heterocycles. The first-order valence-electron chi connectivity index (χ1n) is 9.69. The molecule has 0 saturated heterocycles. The molecule has 1 rings (SSSR count). The van der Waals surface area contributed by atoms with Crippen molar-refractivity contribution in [3.63, 3.8) is 0 Å². The molecule has 0 saturated carbocycles. The Kier molecular flexibility index (Phi) is 9.01. The third kappa shape index (κ3) is 5.60. The van der Waals surface area contributed by atoms with Crippen molar-refractivity contribution in [3.05, 3.63) is 11.6 Å². The normalized spacial score (nSPS) is 20.5. The van der Waals surface area contributed by atoms with Crippen LogP contribution in [0.3, 0.4) is 0 Å². The van der Waals surface area contributed by atoms with Gasteiger partial charge in [-0.3, -0.25) is 4.90 Å². The first-order chi connectivity index (χ1) is 11.5. The van der Waals surface area contributed by atoms with Crippen molar-refractivity contribution in [3.8, 4) is 0 Å². The van der Waals surface area contributed by atoms with Crippen LogP contribution in [0.1, 0.15) is 97.8 Å². The van der Waals surface area contributed by atoms with Crippen LogP contribution < -0.4 is 5.32 Å². The van der Waals surface area contributed by atoms with E-state index < -0.39 is 11.8 Å². The molecule has 0 fully saturated rings. The number of unbranched alkanes of at least 4 members (excludes halogenated alkanes) is 9. The van der Waals surface area contributed by atoms with E-state index in [-0.39, 0.29) is 5.88 Å². The molecule has 1 amide bonds. The van der Waals surface area contributed by atoms with Crippen LogP contribution in [0.5, 0.6) is 0 Å². The molecule has 1 heterocycles. The van der Waals surface area contributed by atoms with E-state index in [9.17, 15) is 15.0 Å². The van der Waals surface area contributed by atoms with Crippen LogP contribution >= 0.6 is 0 Å². The lowest BCUT2D eigenvalue weighted by molar-refractivity contribution is 0.0861. The van der Waals surface area contributed by atoms with Crippen molar-refractivity contribution in [2.45, 2.75) is 103 Å². The lowest BCUT2D eigenvalue weighted by Gasteiger charge is -2.37. The van der Waals surface area contributed by atoms with Crippen LogP contribution in [0.15, 0.2) is 11.6 Å². The smallest absolute Gasteiger partial charge is 0.413 e. The van der Waals surface area contributed by atoms with Gasteiger partial charge >= 0.3 is 6.09 Å². The largest absolute Gasteiger partial charge is 0.494 e. The number of carboxylic acid groups (broad SMARTS) is 1. The van der Waals surface area contributed by atoms with Gasteiger partial charge in [0.05, 0.1) is 5.70 Å². The topological polar surface area (TPSA) is 72.8 Å². The minimum absolute atomic E-state index is 0.00803. The van der Waals surface area contributed by atoms with Gasteiger partial charge in [0.2, 0.25) is 5.88 Å². The summed E-state index contributed by atoms with van der Waals surface area (Å²) in [5, 5.41) is 22.4. The maximum absolute atomic E-state index is 11.6. The van der Waals surface area contributed by atoms with Gasteiger partial charge in [-0.2, -0.15) is 0 Å². The third-order valence-electron chi connectivity index (χ3n) is 5.18. The fourth-order valence-corrected chi connectivity index (χ4v) is 3.62. The summed E-state index contributed by atoms with van der Waals surface area (Å²) in [6.07, 6.45) is 12.9. The van der Waals surface area contributed by atoms with Gasteiger partial charge in [0.1, 0.15) is 5.66 Å². The number of aliphatic hydroxyl groups excluding tert-OH is 1. The minimum Gasteiger partial charge on any atom is -0.494 e. The maximum atomic E-state index is 11.6. The second-order valence-electron chi connectivity index (χ2n) is 6.99. The van der Waals surface area contributed by atoms with Crippen LogP contribution in [-0.4, -0.2) is 26.9 Å². The van der Waals surface area contributed by atoms with E-state index in [2.05, 4.69) is 12.2 Å². The standard InChI is InChI=1S/C19H36N2O3/c1-4-6-7-8-9-10-11-12-13-14-15-19(5-2)20-17(22)16(3)21(19)18(23)24/h20,22H,4-15H2,1-3H3,(H,23,24). The Bertz CT molecular complexity index is 423. The van der Waals surface area contributed by atoms with E-state index in [1.165, 1.54) is 56.3 Å². The Balaban J connectivity index is 2.26. The summed E-state index contributed by atoms with van der Waals surface area (Å²) in [4.78, 5) is 12.9. The number of aliphatic hydroxyl groups is 1. The van der Waals surface area contributed by atoms with Gasteiger partial charge in [0.15, 0.2) is 0 Å². The molecule has 0 aromatic rings. The molecule has 0 aromatic carbocycles. The van der Waals surface area contributed by atoms with E-state index >= 15 is 0 Å². The first-order valence-corrected chi connectivity index (χ1v) is 9.69. The molecule has 24 heavy (non-hydrogen) atoms. The van der Waals surface area contributed by atoms with E-state index in [0.29, 0.717) is 12.1 Å². The molecular formula is C19H36N2O3. The van der Waals surface area contributed by atoms with Gasteiger partial charge in [-0.15, -0.1) is 0 Å². The quantitative estimate of drug-likeness (QED) is 0.396. The molecule has 0 aromatic heterocycles. The number of amides is 1. The van der Waals surface area contributed by atoms with Crippen LogP contribution in [-0.2, 0) is 0 Å². The summed E-state index contributed by atoms with van der Waals surface area (Å²) >= 11 is 0. The molecule has 1 atom stereocenters. The number of carbonyl (C=O) groups is 1. The van der Waals surface area contributed by atoms with E-state index in [1.54, 1.807) is 6.92 Å². The van der Waals surface area contributed by atoms with Crippen LogP contribution in [0.25, 0.3) is 0 Å². The van der Waals surface area contributed by atoms with Crippen molar-refractivity contribution in [2.75, 3.05) is 0 Å². The molecule has 0 spiro atoms. The van der Waals surface area contributed by atoms with Gasteiger partial charge < -0.3 is 15.5 Å². The summed E-state index contributed by atoms with van der Waals surface area (Å²) < 4.78 is 0. The predicted octanol–water partition coefficient (Wildman–Crippen LogP) is 5.73. The lowest BCUT2D eigenvalue weighted by Crippen LogP contribution is -2.54. The number of allylic oxidation sites excluding steroid dienone is 1. The van der Waals surface area contributed by atoms with Crippen molar-refractivity contribution < 1.29 is 15.0 Å². The Labute approximate surface area is 147 Å². The molecule has 0 bridgehead atoms. The monoisotopic (exact) mass is 340 g/mol. The van der Waals surface area contributed by atoms with E-state index in [4.69, 9.17) is 0 Å². The second kappa shape index (κ2) is 10.5. The fraction of sp³-hybridized carbons (Fsp3) is 0.842. The van der Waals surface area contributed by atoms with E-state index in [0.717, 1.165) is 19.3 Å². The second-order valence-corrected chi connectivity index (χ2v) is 6.99. The summed E-state index contributed by atoms with van der Waals surface area (Å²) in [5.41, 5.74) is -0.281. The average Bonchev–Trinajstić information content (AvgIpc) is 2.80. The zero-order valence-electron chi connectivity index (χ0n) is 15.7. The highest BCUT2D eigenvalue weighted by Crippen LogP contribution is 2.34. The van der Waals surface area contributed by atoms with Crippen LogP contribution in [0.2, 0.25) is 0 Å². The summed E-state index contributed by atoms with van der Waals surface area (Å²) in [5.74, 6) is -0.00803. The molecule has 0 radical (unpaired) electrons. The average molecular weight is 341 g/mol. The van der Waals surface area contributed by atoms with Gasteiger partial charge in [-0.25, -0.2) is 4.79 Å². The molecule has 140 valence electrons. The molecule has 1 unspecified atom stereocenters. The zero-order chi connectivity index (χ0) is 18.0. The summed E-state index contributed by atoms with van der Waals surface area (Å²) in [7, 11) is 0. The number of hydrogen-bond acceptors (Lipinski definition) is 3. The molecule has 5 heteroatoms. The number of nitrogens with zero attached hydrogens (tertiary/aromatic N) is 1. The van der Waals surface area contributed by atoms with Crippen LogP contribution in [0, 0.1) is 0 Å². The molecule has 1 aliphatic rings. The Hall–Kier alpha value is -1.39. The van der Waals surface area contributed by atoms with Gasteiger partial charge in [0, 0.05) is 0 Å². The number of nitrogens with one attached hydrogen (secondary N) is 1. The Morgan fingerprint density at radius 1 is 1.00 bits per heavy atom. The van der Waals surface area contributed by atoms with Gasteiger partial charge in [0.25, 0.3) is 0 Å². The Morgan fingerprint density at radius 2 is 1.50 bits per heavy atom. The maximum Gasteiger partial charge on any atom is 0.413 e. The van der Waals surface area contributed by atoms with Crippen molar-refractivity contribution in [1.82, 2.24) is 10.2 Å². The minimum atomic E-state index is -1.00. The molecule has 5 nitrogen and oxygen atoms in total. The van der Waals surface area contributed by atoms with Crippen molar-refractivity contribution in [1.29, 1.82) is 0 Å². The van der Waals surface area contributed by atoms with Crippen LogP contribution in [0.4, 0.5) is 4.79 Å². The van der Waals surface area contributed by atoms with Gasteiger partial charge in [-0.05, 0) is 26.2 Å². The highest BCUT2D eigenvalue weighted by molar-refractivity contribution is 5.69. The number of rotatable bonds is 12. The highest BCUT2D eigenvalue weighted by Gasteiger charge is 2.45. The van der Waals surface area contributed by atoms with Crippen molar-refractivity contribution >= 4 is 6.09 Å². The van der Waals surface area contributed by atoms with Gasteiger partial charge in [-0.1, -0.05) is 71.6 Å². The Morgan fingerprint density at radius 3 is 1.96 bits per heavy atom. The van der Waals surface area contributed by atoms with E-state index in [1.807, 2.05) is 6.92 Å². The fourth-order valence-electron chi connectivity index (χ4n) is 3.62. The SMILES string of the molecule is CCCCCCCCCCCCC1(CC)NC(O)=C(C)N1C(=O)O. The summed E-state index contributed by atoms with van der Waals surface area (Å²) in [6.45, 7) is 5.85. The van der Waals surface area contributed by atoms with Crippen molar-refractivity contribution in [2.24, 2.45) is 0 Å². The predicted molar refractivity (Wildman–Crippen MR) is 97.8 cm³/mol. The molecule has 0 aliphatic carbocycles. The lowest BCUT2D eigenvalue weighted by atomic mass is 9.96. The number of hydrogen-bond donors (Lipinski definition) is 3. The first kappa shape index (κ1) is 20.7.